The third kappa shape index (κ3) is 3.02. The summed E-state index contributed by atoms with van der Waals surface area (Å²) >= 11 is 0. The molecular formula is C17H24N4. The van der Waals surface area contributed by atoms with Gasteiger partial charge in [-0.1, -0.05) is 13.8 Å². The van der Waals surface area contributed by atoms with E-state index in [1.54, 1.807) is 0 Å². The van der Waals surface area contributed by atoms with Crippen molar-refractivity contribution < 1.29 is 0 Å². The van der Waals surface area contributed by atoms with Crippen LogP contribution in [0.15, 0.2) is 0 Å². The van der Waals surface area contributed by atoms with Crippen molar-refractivity contribution in [1.82, 2.24) is 10.2 Å². The quantitative estimate of drug-likeness (QED) is 0.834. The van der Waals surface area contributed by atoms with Crippen LogP contribution in [-0.4, -0.2) is 16.7 Å². The minimum atomic E-state index is 0.692. The first-order chi connectivity index (χ1) is 10.3. The summed E-state index contributed by atoms with van der Waals surface area (Å²) in [4.78, 5) is 0. The molecule has 3 rings (SSSR count). The monoisotopic (exact) mass is 284 g/mol. The van der Waals surface area contributed by atoms with E-state index >= 15 is 0 Å². The summed E-state index contributed by atoms with van der Waals surface area (Å²) in [5.74, 6) is 3.28. The number of hydrogen-bond donors (Lipinski definition) is 1. The van der Waals surface area contributed by atoms with Crippen LogP contribution < -0.4 is 5.32 Å². The number of nitrogens with zero attached hydrogens (tertiary/aromatic N) is 3. The number of rotatable bonds is 7. The molecule has 0 unspecified atom stereocenters. The van der Waals surface area contributed by atoms with Gasteiger partial charge in [0.05, 0.1) is 5.69 Å². The summed E-state index contributed by atoms with van der Waals surface area (Å²) in [6.45, 7) is 5.10. The van der Waals surface area contributed by atoms with Crippen molar-refractivity contribution in [2.75, 3.05) is 11.9 Å². The molecule has 0 spiro atoms. The molecule has 1 N–H and O–H groups in total. The fourth-order valence-electron chi connectivity index (χ4n) is 3.40. The minimum Gasteiger partial charge on any atom is -0.367 e. The molecule has 1 aromatic heterocycles. The van der Waals surface area contributed by atoms with Gasteiger partial charge < -0.3 is 5.32 Å². The van der Waals surface area contributed by atoms with E-state index in [-0.39, 0.29) is 0 Å². The molecule has 0 bridgehead atoms. The van der Waals surface area contributed by atoms with Gasteiger partial charge >= 0.3 is 0 Å². The average Bonchev–Trinajstić information content (AvgIpc) is 3.38. The number of aryl methyl sites for hydroxylation is 1. The molecular weight excluding hydrogens is 260 g/mol. The zero-order valence-electron chi connectivity index (χ0n) is 13.0. The number of nitriles is 1. The van der Waals surface area contributed by atoms with Gasteiger partial charge in [-0.05, 0) is 61.8 Å². The van der Waals surface area contributed by atoms with E-state index in [1.807, 2.05) is 0 Å². The summed E-state index contributed by atoms with van der Waals surface area (Å²) in [5.41, 5.74) is 2.72. The van der Waals surface area contributed by atoms with E-state index < -0.39 is 0 Å². The molecule has 1 heterocycles. The van der Waals surface area contributed by atoms with Gasteiger partial charge in [0.25, 0.3) is 0 Å². The Labute approximate surface area is 127 Å². The normalized spacial score (nSPS) is 17.8. The van der Waals surface area contributed by atoms with Crippen LogP contribution in [0.25, 0.3) is 0 Å². The van der Waals surface area contributed by atoms with Crippen LogP contribution in [0, 0.1) is 29.1 Å². The third-order valence-corrected chi connectivity index (χ3v) is 4.92. The molecule has 0 atom stereocenters. The summed E-state index contributed by atoms with van der Waals surface area (Å²) in [5, 5.41) is 21.5. The second kappa shape index (κ2) is 6.01. The fourth-order valence-corrected chi connectivity index (χ4v) is 3.40. The molecule has 21 heavy (non-hydrogen) atoms. The van der Waals surface area contributed by atoms with Gasteiger partial charge in [-0.25, -0.2) is 0 Å². The van der Waals surface area contributed by atoms with Crippen molar-refractivity contribution in [2.24, 2.45) is 17.8 Å². The first kappa shape index (κ1) is 14.3. The van der Waals surface area contributed by atoms with Crippen LogP contribution in [0.2, 0.25) is 0 Å². The van der Waals surface area contributed by atoms with Gasteiger partial charge in [-0.15, -0.1) is 5.10 Å². The summed E-state index contributed by atoms with van der Waals surface area (Å²) < 4.78 is 0. The summed E-state index contributed by atoms with van der Waals surface area (Å²) in [7, 11) is 0. The lowest BCUT2D eigenvalue weighted by molar-refractivity contribution is 0.427. The summed E-state index contributed by atoms with van der Waals surface area (Å²) in [6, 6.07) is 2.34. The number of aromatic nitrogens is 2. The molecule has 4 nitrogen and oxygen atoms in total. The van der Waals surface area contributed by atoms with Gasteiger partial charge in [0.1, 0.15) is 11.6 Å². The zero-order valence-corrected chi connectivity index (χ0v) is 13.0. The van der Waals surface area contributed by atoms with Crippen LogP contribution >= 0.6 is 0 Å². The minimum absolute atomic E-state index is 0.692. The highest BCUT2D eigenvalue weighted by atomic mass is 15.2. The number of anilines is 1. The van der Waals surface area contributed by atoms with Crippen molar-refractivity contribution in [1.29, 1.82) is 5.26 Å². The van der Waals surface area contributed by atoms with E-state index in [0.717, 1.165) is 48.4 Å². The van der Waals surface area contributed by atoms with Gasteiger partial charge in [0.2, 0.25) is 0 Å². The van der Waals surface area contributed by atoms with E-state index in [2.05, 4.69) is 35.4 Å². The van der Waals surface area contributed by atoms with Crippen molar-refractivity contribution in [3.8, 4) is 6.07 Å². The Balaban J connectivity index is 1.76. The largest absolute Gasteiger partial charge is 0.367 e. The van der Waals surface area contributed by atoms with Crippen LogP contribution in [0.5, 0.6) is 0 Å². The Morgan fingerprint density at radius 3 is 2.29 bits per heavy atom. The van der Waals surface area contributed by atoms with Crippen molar-refractivity contribution in [2.45, 2.75) is 52.4 Å². The molecule has 0 radical (unpaired) electrons. The highest BCUT2D eigenvalue weighted by Gasteiger charge is 2.41. The highest BCUT2D eigenvalue weighted by Crippen LogP contribution is 2.49. The Kier molecular flexibility index (Phi) is 4.10. The molecule has 2 aliphatic carbocycles. The standard InChI is InChI=1S/C17H24N4/c1-3-13-14(9-18)17(21-20-16(13)4-2)19-10-15(11-5-6-11)12-7-8-12/h11-12,15H,3-8,10H2,1-2H3,(H,19,21). The van der Waals surface area contributed by atoms with Crippen molar-refractivity contribution >= 4 is 5.82 Å². The molecule has 2 aliphatic rings. The third-order valence-electron chi connectivity index (χ3n) is 4.92. The first-order valence-corrected chi connectivity index (χ1v) is 8.30. The lowest BCUT2D eigenvalue weighted by Crippen LogP contribution is -2.20. The first-order valence-electron chi connectivity index (χ1n) is 8.30. The maximum atomic E-state index is 9.50. The second-order valence-electron chi connectivity index (χ2n) is 6.39. The average molecular weight is 284 g/mol. The maximum Gasteiger partial charge on any atom is 0.166 e. The molecule has 0 aromatic carbocycles. The van der Waals surface area contributed by atoms with Gasteiger partial charge in [-0.2, -0.15) is 10.4 Å². The van der Waals surface area contributed by atoms with Gasteiger partial charge in [0, 0.05) is 6.54 Å². The smallest absolute Gasteiger partial charge is 0.166 e. The van der Waals surface area contributed by atoms with Crippen LogP contribution in [0.3, 0.4) is 0 Å². The van der Waals surface area contributed by atoms with E-state index in [9.17, 15) is 5.26 Å². The summed E-state index contributed by atoms with van der Waals surface area (Å²) in [6.07, 6.45) is 7.20. The lowest BCUT2D eigenvalue weighted by atomic mass is 9.97. The lowest BCUT2D eigenvalue weighted by Gasteiger charge is -2.18. The molecule has 0 amide bonds. The predicted molar refractivity (Wildman–Crippen MR) is 82.9 cm³/mol. The molecule has 0 saturated heterocycles. The second-order valence-corrected chi connectivity index (χ2v) is 6.39. The Morgan fingerprint density at radius 2 is 1.81 bits per heavy atom. The molecule has 1 aromatic rings. The van der Waals surface area contributed by atoms with Gasteiger partial charge in [-0.3, -0.25) is 0 Å². The van der Waals surface area contributed by atoms with E-state index in [4.69, 9.17) is 0 Å². The Hall–Kier alpha value is -1.63. The molecule has 2 saturated carbocycles. The van der Waals surface area contributed by atoms with Crippen LogP contribution in [0.1, 0.15) is 56.4 Å². The van der Waals surface area contributed by atoms with Crippen LogP contribution in [0.4, 0.5) is 5.82 Å². The van der Waals surface area contributed by atoms with E-state index in [1.165, 1.54) is 25.7 Å². The maximum absolute atomic E-state index is 9.50. The Morgan fingerprint density at radius 1 is 1.14 bits per heavy atom. The molecule has 112 valence electrons. The zero-order chi connectivity index (χ0) is 14.8. The molecule has 2 fully saturated rings. The number of hydrogen-bond acceptors (Lipinski definition) is 4. The topological polar surface area (TPSA) is 61.6 Å². The SMILES string of the molecule is CCc1nnc(NCC(C2CC2)C2CC2)c(C#N)c1CC. The number of nitrogens with one attached hydrogen (secondary N) is 1. The van der Waals surface area contributed by atoms with E-state index in [0.29, 0.717) is 11.4 Å². The van der Waals surface area contributed by atoms with Gasteiger partial charge in [0.15, 0.2) is 5.82 Å². The molecule has 4 heteroatoms. The van der Waals surface area contributed by atoms with Crippen LogP contribution in [-0.2, 0) is 12.8 Å². The highest BCUT2D eigenvalue weighted by molar-refractivity contribution is 5.56. The van der Waals surface area contributed by atoms with Crippen molar-refractivity contribution in [3.63, 3.8) is 0 Å². The van der Waals surface area contributed by atoms with Crippen molar-refractivity contribution in [3.05, 3.63) is 16.8 Å². The Bertz CT molecular complexity index is 541. The fraction of sp³-hybridized carbons (Fsp3) is 0.706. The predicted octanol–water partition coefficient (Wildman–Crippen LogP) is 3.32. The molecule has 0 aliphatic heterocycles.